The summed E-state index contributed by atoms with van der Waals surface area (Å²) in [5.41, 5.74) is 1.12. The molecule has 138 valence electrons. The summed E-state index contributed by atoms with van der Waals surface area (Å²) in [6, 6.07) is 5.69. The topological polar surface area (TPSA) is 61.2 Å². The number of rotatable bonds is 6. The van der Waals surface area contributed by atoms with Crippen molar-refractivity contribution in [3.63, 3.8) is 0 Å². The number of aromatic nitrogens is 2. The molecular formula is C18H19FN2O3S2. The van der Waals surface area contributed by atoms with E-state index in [2.05, 4.69) is 4.98 Å². The van der Waals surface area contributed by atoms with E-state index in [4.69, 9.17) is 4.74 Å². The van der Waals surface area contributed by atoms with Crippen LogP contribution in [0.25, 0.3) is 5.69 Å². The number of ether oxygens (including phenoxy) is 1. The van der Waals surface area contributed by atoms with Gasteiger partial charge in [-0.2, -0.15) is 0 Å². The molecule has 0 saturated heterocycles. The van der Waals surface area contributed by atoms with E-state index >= 15 is 0 Å². The summed E-state index contributed by atoms with van der Waals surface area (Å²) in [6.07, 6.45) is 1.28. The standard InChI is InChI=1S/C18H19FN2O3S2/c1-3-14(17(23)24-4-2)26-18-20-13-9-10-25-15(13)16(22)21(18)12-7-5-11(19)6-8-12/h5-8,14H,3-4,9-10H2,1-2H3/t14-/m0/s1. The van der Waals surface area contributed by atoms with Crippen LogP contribution in [0.4, 0.5) is 4.39 Å². The van der Waals surface area contributed by atoms with E-state index in [0.717, 1.165) is 17.9 Å². The van der Waals surface area contributed by atoms with Gasteiger partial charge in [0.05, 0.1) is 22.9 Å². The maximum Gasteiger partial charge on any atom is 0.319 e. The molecule has 0 spiro atoms. The van der Waals surface area contributed by atoms with Gasteiger partial charge in [-0.1, -0.05) is 18.7 Å². The SMILES string of the molecule is CCOC(=O)[C@H](CC)Sc1nc2c(c(=O)n1-c1ccc(F)cc1)SCC2. The van der Waals surface area contributed by atoms with Crippen LogP contribution in [-0.4, -0.2) is 33.1 Å². The van der Waals surface area contributed by atoms with Crippen molar-refractivity contribution in [2.75, 3.05) is 12.4 Å². The van der Waals surface area contributed by atoms with Crippen molar-refractivity contribution in [2.45, 2.75) is 42.0 Å². The number of hydrogen-bond acceptors (Lipinski definition) is 6. The van der Waals surface area contributed by atoms with Gasteiger partial charge in [0.2, 0.25) is 0 Å². The second-order valence-electron chi connectivity index (χ2n) is 5.65. The number of aryl methyl sites for hydroxylation is 1. The Morgan fingerprint density at radius 1 is 1.38 bits per heavy atom. The zero-order valence-electron chi connectivity index (χ0n) is 14.5. The first kappa shape index (κ1) is 19.0. The number of thioether (sulfide) groups is 2. The fourth-order valence-electron chi connectivity index (χ4n) is 2.65. The van der Waals surface area contributed by atoms with E-state index in [-0.39, 0.29) is 17.3 Å². The zero-order valence-corrected chi connectivity index (χ0v) is 16.2. The smallest absolute Gasteiger partial charge is 0.319 e. The molecule has 0 unspecified atom stereocenters. The molecule has 1 atom stereocenters. The Hall–Kier alpha value is -1.80. The number of fused-ring (bicyclic) bond motifs is 1. The highest BCUT2D eigenvalue weighted by molar-refractivity contribution is 8.00. The molecule has 0 bridgehead atoms. The molecule has 0 radical (unpaired) electrons. The maximum absolute atomic E-state index is 13.3. The first-order chi connectivity index (χ1) is 12.5. The normalized spacial score (nSPS) is 14.1. The van der Waals surface area contributed by atoms with Gasteiger partial charge in [0, 0.05) is 12.2 Å². The number of carbonyl (C=O) groups excluding carboxylic acids is 1. The minimum Gasteiger partial charge on any atom is -0.465 e. The molecule has 1 aromatic heterocycles. The average molecular weight is 394 g/mol. The molecule has 26 heavy (non-hydrogen) atoms. The van der Waals surface area contributed by atoms with Gasteiger partial charge in [-0.25, -0.2) is 9.37 Å². The number of halogens is 1. The lowest BCUT2D eigenvalue weighted by molar-refractivity contribution is -0.142. The molecule has 0 aliphatic carbocycles. The number of carbonyl (C=O) groups is 1. The Kier molecular flexibility index (Phi) is 6.03. The van der Waals surface area contributed by atoms with Crippen LogP contribution < -0.4 is 5.56 Å². The largest absolute Gasteiger partial charge is 0.465 e. The van der Waals surface area contributed by atoms with Crippen molar-refractivity contribution in [3.8, 4) is 5.69 Å². The molecule has 5 nitrogen and oxygen atoms in total. The summed E-state index contributed by atoms with van der Waals surface area (Å²) in [7, 11) is 0. The van der Waals surface area contributed by atoms with Crippen molar-refractivity contribution in [1.82, 2.24) is 9.55 Å². The second-order valence-corrected chi connectivity index (χ2v) is 7.93. The summed E-state index contributed by atoms with van der Waals surface area (Å²) in [5.74, 6) is 0.108. The van der Waals surface area contributed by atoms with Crippen LogP contribution in [0.5, 0.6) is 0 Å². The summed E-state index contributed by atoms with van der Waals surface area (Å²) in [6.45, 7) is 3.95. The third-order valence-corrected chi connectivity index (χ3v) is 6.32. The minimum atomic E-state index is -0.458. The van der Waals surface area contributed by atoms with Crippen LogP contribution in [0.15, 0.2) is 39.1 Å². The van der Waals surface area contributed by atoms with E-state index in [1.165, 1.54) is 40.2 Å². The van der Waals surface area contributed by atoms with Gasteiger partial charge in [-0.3, -0.25) is 14.2 Å². The molecule has 0 saturated carbocycles. The Bertz CT molecular complexity index is 868. The molecule has 2 aromatic rings. The van der Waals surface area contributed by atoms with Gasteiger partial charge in [-0.05, 0) is 37.6 Å². The minimum absolute atomic E-state index is 0.176. The highest BCUT2D eigenvalue weighted by atomic mass is 32.2. The Morgan fingerprint density at radius 3 is 2.77 bits per heavy atom. The maximum atomic E-state index is 13.3. The van der Waals surface area contributed by atoms with E-state index in [9.17, 15) is 14.0 Å². The zero-order chi connectivity index (χ0) is 18.7. The monoisotopic (exact) mass is 394 g/mol. The average Bonchev–Trinajstić information content (AvgIpc) is 3.10. The lowest BCUT2D eigenvalue weighted by Gasteiger charge is -2.17. The van der Waals surface area contributed by atoms with Crippen molar-refractivity contribution >= 4 is 29.5 Å². The van der Waals surface area contributed by atoms with E-state index in [0.29, 0.717) is 28.8 Å². The first-order valence-electron chi connectivity index (χ1n) is 8.43. The van der Waals surface area contributed by atoms with Gasteiger partial charge in [0.25, 0.3) is 5.56 Å². The summed E-state index contributed by atoms with van der Waals surface area (Å²) < 4.78 is 19.9. The molecule has 8 heteroatoms. The van der Waals surface area contributed by atoms with Crippen LogP contribution in [0.1, 0.15) is 26.0 Å². The number of hydrogen-bond donors (Lipinski definition) is 0. The van der Waals surface area contributed by atoms with Crippen molar-refractivity contribution < 1.29 is 13.9 Å². The van der Waals surface area contributed by atoms with Crippen LogP contribution in [-0.2, 0) is 16.0 Å². The molecule has 3 rings (SSSR count). The van der Waals surface area contributed by atoms with Gasteiger partial charge >= 0.3 is 5.97 Å². The van der Waals surface area contributed by atoms with E-state index in [1.54, 1.807) is 19.1 Å². The molecule has 1 aliphatic heterocycles. The Labute approximate surface area is 159 Å². The highest BCUT2D eigenvalue weighted by Crippen LogP contribution is 2.32. The number of nitrogens with zero attached hydrogens (tertiary/aromatic N) is 2. The third-order valence-electron chi connectivity index (χ3n) is 3.92. The van der Waals surface area contributed by atoms with Gasteiger partial charge in [0.15, 0.2) is 5.16 Å². The van der Waals surface area contributed by atoms with Gasteiger partial charge in [-0.15, -0.1) is 11.8 Å². The van der Waals surface area contributed by atoms with E-state index < -0.39 is 5.25 Å². The number of benzene rings is 1. The quantitative estimate of drug-likeness (QED) is 0.425. The highest BCUT2D eigenvalue weighted by Gasteiger charge is 2.26. The Morgan fingerprint density at radius 2 is 2.12 bits per heavy atom. The van der Waals surface area contributed by atoms with Crippen LogP contribution in [0, 0.1) is 5.82 Å². The van der Waals surface area contributed by atoms with Crippen molar-refractivity contribution in [2.24, 2.45) is 0 Å². The summed E-state index contributed by atoms with van der Waals surface area (Å²) in [5, 5.41) is -0.0246. The molecule has 1 aromatic carbocycles. The van der Waals surface area contributed by atoms with Gasteiger partial charge < -0.3 is 4.74 Å². The summed E-state index contributed by atoms with van der Waals surface area (Å²) >= 11 is 2.70. The second kappa shape index (κ2) is 8.26. The van der Waals surface area contributed by atoms with E-state index in [1.807, 2.05) is 6.92 Å². The van der Waals surface area contributed by atoms with Crippen LogP contribution in [0.2, 0.25) is 0 Å². The van der Waals surface area contributed by atoms with Crippen LogP contribution >= 0.6 is 23.5 Å². The molecule has 0 N–H and O–H groups in total. The molecule has 0 amide bonds. The lowest BCUT2D eigenvalue weighted by atomic mass is 10.3. The van der Waals surface area contributed by atoms with Gasteiger partial charge in [0.1, 0.15) is 11.1 Å². The first-order valence-corrected chi connectivity index (χ1v) is 10.3. The number of esters is 1. The molecule has 0 fully saturated rings. The Balaban J connectivity index is 2.08. The van der Waals surface area contributed by atoms with Crippen LogP contribution in [0.3, 0.4) is 0 Å². The fourth-order valence-corrected chi connectivity index (χ4v) is 4.72. The molecule has 1 aliphatic rings. The molecular weight excluding hydrogens is 375 g/mol. The predicted molar refractivity (Wildman–Crippen MR) is 101 cm³/mol. The lowest BCUT2D eigenvalue weighted by Crippen LogP contribution is -2.26. The predicted octanol–water partition coefficient (Wildman–Crippen LogP) is 3.45. The third kappa shape index (κ3) is 3.81. The van der Waals surface area contributed by atoms with Crippen molar-refractivity contribution in [1.29, 1.82) is 0 Å². The van der Waals surface area contributed by atoms with Crippen molar-refractivity contribution in [3.05, 3.63) is 46.1 Å². The summed E-state index contributed by atoms with van der Waals surface area (Å²) in [4.78, 5) is 30.5. The fraction of sp³-hybridized carbons (Fsp3) is 0.389. The molecule has 2 heterocycles.